The number of aryl methyl sites for hydroxylation is 1. The van der Waals surface area contributed by atoms with E-state index < -0.39 is 0 Å². The molecular formula is C28H35FN6O. The summed E-state index contributed by atoms with van der Waals surface area (Å²) >= 11 is 0. The van der Waals surface area contributed by atoms with Crippen LogP contribution in [0.15, 0.2) is 53.3 Å². The van der Waals surface area contributed by atoms with Gasteiger partial charge in [-0.15, -0.1) is 5.10 Å². The predicted molar refractivity (Wildman–Crippen MR) is 140 cm³/mol. The van der Waals surface area contributed by atoms with Crippen LogP contribution in [0, 0.1) is 18.7 Å². The molecule has 0 amide bonds. The molecule has 7 nitrogen and oxygen atoms in total. The molecule has 2 aromatic carbocycles. The second kappa shape index (κ2) is 10.3. The molecule has 0 spiro atoms. The molecule has 4 rings (SSSR count). The van der Waals surface area contributed by atoms with Crippen LogP contribution in [0.4, 0.5) is 4.39 Å². The van der Waals surface area contributed by atoms with Crippen LogP contribution in [0.3, 0.4) is 0 Å². The van der Waals surface area contributed by atoms with Crippen LogP contribution in [0.25, 0.3) is 10.9 Å². The molecule has 4 aromatic rings. The van der Waals surface area contributed by atoms with Crippen molar-refractivity contribution in [3.8, 4) is 0 Å². The van der Waals surface area contributed by atoms with Gasteiger partial charge < -0.3 is 4.98 Å². The highest BCUT2D eigenvalue weighted by Crippen LogP contribution is 2.33. The Morgan fingerprint density at radius 1 is 1.11 bits per heavy atom. The molecule has 0 aliphatic carbocycles. The third-order valence-electron chi connectivity index (χ3n) is 7.06. The van der Waals surface area contributed by atoms with Crippen molar-refractivity contribution in [1.82, 2.24) is 30.1 Å². The Hall–Kier alpha value is -3.39. The third-order valence-corrected chi connectivity index (χ3v) is 7.06. The first-order chi connectivity index (χ1) is 17.1. The van der Waals surface area contributed by atoms with Crippen molar-refractivity contribution in [3.63, 3.8) is 0 Å². The molecular weight excluding hydrogens is 455 g/mol. The largest absolute Gasteiger partial charge is 0.321 e. The Balaban J connectivity index is 1.82. The fourth-order valence-electron chi connectivity index (χ4n) is 4.68. The van der Waals surface area contributed by atoms with E-state index in [1.165, 1.54) is 12.1 Å². The van der Waals surface area contributed by atoms with E-state index in [4.69, 9.17) is 0 Å². The van der Waals surface area contributed by atoms with Gasteiger partial charge in [0.15, 0.2) is 5.82 Å². The standard InChI is InChI=1S/C28H35FN6O/c1-7-28(5,6)35-26(31-32-33-35)25(18(2)3)34(16-20-11-13-23(29)14-12-20)17-22-15-21-10-8-9-19(4)24(21)30-27(22)36/h8-15,18,25H,7,16-17H2,1-6H3,(H,30,36)/t25-/m1/s1. The van der Waals surface area contributed by atoms with Gasteiger partial charge in [0, 0.05) is 18.7 Å². The number of tetrazole rings is 1. The topological polar surface area (TPSA) is 79.7 Å². The second-order valence-electron chi connectivity index (χ2n) is 10.5. The number of fused-ring (bicyclic) bond motifs is 1. The maximum atomic E-state index is 13.6. The minimum Gasteiger partial charge on any atom is -0.321 e. The first kappa shape index (κ1) is 25.7. The summed E-state index contributed by atoms with van der Waals surface area (Å²) in [4.78, 5) is 18.5. The van der Waals surface area contributed by atoms with Crippen molar-refractivity contribution in [1.29, 1.82) is 0 Å². The molecule has 0 bridgehead atoms. The van der Waals surface area contributed by atoms with E-state index in [2.05, 4.69) is 60.0 Å². The highest BCUT2D eigenvalue weighted by atomic mass is 19.1. The van der Waals surface area contributed by atoms with Crippen molar-refractivity contribution in [2.24, 2.45) is 5.92 Å². The Morgan fingerprint density at radius 3 is 2.50 bits per heavy atom. The first-order valence-corrected chi connectivity index (χ1v) is 12.5. The van der Waals surface area contributed by atoms with Gasteiger partial charge in [0.25, 0.3) is 5.56 Å². The summed E-state index contributed by atoms with van der Waals surface area (Å²) in [7, 11) is 0. The van der Waals surface area contributed by atoms with Crippen LogP contribution < -0.4 is 5.56 Å². The van der Waals surface area contributed by atoms with Crippen LogP contribution >= 0.6 is 0 Å². The van der Waals surface area contributed by atoms with Crippen LogP contribution in [-0.2, 0) is 18.6 Å². The molecule has 1 atom stereocenters. The predicted octanol–water partition coefficient (Wildman–Crippen LogP) is 5.51. The molecule has 0 fully saturated rings. The van der Waals surface area contributed by atoms with E-state index in [1.807, 2.05) is 35.9 Å². The highest BCUT2D eigenvalue weighted by Gasteiger charge is 2.34. The lowest BCUT2D eigenvalue weighted by atomic mass is 9.97. The van der Waals surface area contributed by atoms with Gasteiger partial charge in [-0.05, 0) is 78.2 Å². The molecule has 2 heterocycles. The molecule has 36 heavy (non-hydrogen) atoms. The number of H-pyrrole nitrogens is 1. The smallest absolute Gasteiger partial charge is 0.252 e. The van der Waals surface area contributed by atoms with Crippen molar-refractivity contribution in [2.75, 3.05) is 0 Å². The lowest BCUT2D eigenvalue weighted by Crippen LogP contribution is -2.38. The number of rotatable bonds is 9. The Bertz CT molecular complexity index is 1390. The van der Waals surface area contributed by atoms with Gasteiger partial charge in [-0.3, -0.25) is 9.69 Å². The summed E-state index contributed by atoms with van der Waals surface area (Å²) in [5.41, 5.74) is 3.10. The number of hydrogen-bond donors (Lipinski definition) is 1. The van der Waals surface area contributed by atoms with Crippen LogP contribution in [0.5, 0.6) is 0 Å². The number of aromatic amines is 1. The molecule has 0 radical (unpaired) electrons. The molecule has 190 valence electrons. The zero-order valence-corrected chi connectivity index (χ0v) is 21.9. The quantitative estimate of drug-likeness (QED) is 0.335. The monoisotopic (exact) mass is 490 g/mol. The molecule has 0 aliphatic rings. The number of aromatic nitrogens is 5. The lowest BCUT2D eigenvalue weighted by Gasteiger charge is -2.35. The van der Waals surface area contributed by atoms with Crippen molar-refractivity contribution < 1.29 is 4.39 Å². The zero-order valence-electron chi connectivity index (χ0n) is 21.9. The third kappa shape index (κ3) is 5.23. The Kier molecular flexibility index (Phi) is 7.36. The zero-order chi connectivity index (χ0) is 26.0. The van der Waals surface area contributed by atoms with Crippen molar-refractivity contribution in [2.45, 2.75) is 72.6 Å². The number of nitrogens with zero attached hydrogens (tertiary/aromatic N) is 5. The summed E-state index contributed by atoms with van der Waals surface area (Å²) in [6.07, 6.45) is 0.859. The maximum Gasteiger partial charge on any atom is 0.252 e. The van der Waals surface area contributed by atoms with Gasteiger partial charge in [0.2, 0.25) is 0 Å². The fraction of sp³-hybridized carbons (Fsp3) is 0.429. The van der Waals surface area contributed by atoms with Gasteiger partial charge in [0.1, 0.15) is 5.82 Å². The molecule has 0 unspecified atom stereocenters. The van der Waals surface area contributed by atoms with E-state index in [0.717, 1.165) is 34.3 Å². The number of para-hydroxylation sites is 1. The van der Waals surface area contributed by atoms with Gasteiger partial charge in [-0.2, -0.15) is 0 Å². The maximum absolute atomic E-state index is 13.6. The van der Waals surface area contributed by atoms with Gasteiger partial charge >= 0.3 is 0 Å². The molecule has 8 heteroatoms. The highest BCUT2D eigenvalue weighted by molar-refractivity contribution is 5.81. The van der Waals surface area contributed by atoms with Crippen LogP contribution in [0.2, 0.25) is 0 Å². The van der Waals surface area contributed by atoms with Crippen LogP contribution in [-0.4, -0.2) is 30.1 Å². The average molecular weight is 491 g/mol. The number of halogens is 1. The summed E-state index contributed by atoms with van der Waals surface area (Å²) in [5.74, 6) is 0.623. The number of hydrogen-bond acceptors (Lipinski definition) is 5. The van der Waals surface area contributed by atoms with E-state index in [0.29, 0.717) is 18.7 Å². The number of benzene rings is 2. The van der Waals surface area contributed by atoms with Crippen molar-refractivity contribution >= 4 is 10.9 Å². The summed E-state index contributed by atoms with van der Waals surface area (Å²) in [6, 6.07) is 14.3. The Morgan fingerprint density at radius 2 is 1.83 bits per heavy atom. The summed E-state index contributed by atoms with van der Waals surface area (Å²) in [6.45, 7) is 13.5. The van der Waals surface area contributed by atoms with Gasteiger partial charge in [-0.25, -0.2) is 9.07 Å². The van der Waals surface area contributed by atoms with E-state index >= 15 is 0 Å². The van der Waals surface area contributed by atoms with Gasteiger partial charge in [-0.1, -0.05) is 51.1 Å². The van der Waals surface area contributed by atoms with Crippen molar-refractivity contribution in [3.05, 3.63) is 87.2 Å². The second-order valence-corrected chi connectivity index (χ2v) is 10.5. The molecule has 2 aromatic heterocycles. The van der Waals surface area contributed by atoms with Crippen LogP contribution in [0.1, 0.15) is 69.6 Å². The normalized spacial score (nSPS) is 13.1. The summed E-state index contributed by atoms with van der Waals surface area (Å²) < 4.78 is 15.6. The SMILES string of the molecule is CCC(C)(C)n1nnnc1[C@@H](C(C)C)N(Cc1ccc(F)cc1)Cc1cc2cccc(C)c2[nH]c1=O. The van der Waals surface area contributed by atoms with E-state index in [1.54, 1.807) is 12.1 Å². The molecule has 0 saturated heterocycles. The van der Waals surface area contributed by atoms with Gasteiger partial charge in [0.05, 0.1) is 17.1 Å². The van der Waals surface area contributed by atoms with E-state index in [9.17, 15) is 9.18 Å². The first-order valence-electron chi connectivity index (χ1n) is 12.5. The fourth-order valence-corrected chi connectivity index (χ4v) is 4.68. The molecule has 0 saturated carbocycles. The average Bonchev–Trinajstić information content (AvgIpc) is 3.32. The lowest BCUT2D eigenvalue weighted by molar-refractivity contribution is 0.117. The number of nitrogens with one attached hydrogen (secondary N) is 1. The molecule has 1 N–H and O–H groups in total. The minimum atomic E-state index is -0.277. The minimum absolute atomic E-state index is 0.114. The number of pyridine rings is 1. The Labute approximate surface area is 211 Å². The molecule has 0 aliphatic heterocycles. The summed E-state index contributed by atoms with van der Waals surface area (Å²) in [5, 5.41) is 13.8. The van der Waals surface area contributed by atoms with E-state index in [-0.39, 0.29) is 28.9 Å².